The highest BCUT2D eigenvalue weighted by Crippen LogP contribution is 2.16. The van der Waals surface area contributed by atoms with Crippen molar-refractivity contribution in [1.29, 1.82) is 0 Å². The minimum absolute atomic E-state index is 0.255. The van der Waals surface area contributed by atoms with Gasteiger partial charge in [-0.25, -0.2) is 0 Å². The molecule has 2 heterocycles. The standard InChI is InChI=1S/C19H28N2O/c1-16-8-3-4-9-17(16)14-20-11-7-10-18(15-20)19(22)21-12-5-2-6-13-21/h3-4,8-9,18H,2,5-7,10-15H2,1H3/p+1. The number of hydrogen-bond donors (Lipinski definition) is 1. The van der Waals surface area contributed by atoms with Crippen molar-refractivity contribution >= 4 is 5.91 Å². The van der Waals surface area contributed by atoms with Gasteiger partial charge in [-0.15, -0.1) is 0 Å². The number of aryl methyl sites for hydroxylation is 1. The van der Waals surface area contributed by atoms with Crippen molar-refractivity contribution in [1.82, 2.24) is 4.90 Å². The van der Waals surface area contributed by atoms with Gasteiger partial charge in [0.05, 0.1) is 19.0 Å². The molecule has 0 saturated carbocycles. The van der Waals surface area contributed by atoms with E-state index < -0.39 is 0 Å². The van der Waals surface area contributed by atoms with Crippen LogP contribution in [0.4, 0.5) is 0 Å². The summed E-state index contributed by atoms with van der Waals surface area (Å²) in [5, 5.41) is 0. The van der Waals surface area contributed by atoms with Gasteiger partial charge < -0.3 is 9.80 Å². The minimum Gasteiger partial charge on any atom is -0.342 e. The Kier molecular flexibility index (Phi) is 5.14. The van der Waals surface area contributed by atoms with Crippen molar-refractivity contribution < 1.29 is 9.69 Å². The number of likely N-dealkylation sites (tertiary alicyclic amines) is 2. The van der Waals surface area contributed by atoms with Crippen molar-refractivity contribution in [2.24, 2.45) is 5.92 Å². The van der Waals surface area contributed by atoms with Crippen molar-refractivity contribution in [3.05, 3.63) is 35.4 Å². The molecule has 1 N–H and O–H groups in total. The SMILES string of the molecule is Cc1ccccc1C[NH+]1CCCC(C(=O)N2CCCCC2)C1. The van der Waals surface area contributed by atoms with E-state index in [2.05, 4.69) is 36.1 Å². The number of quaternary nitrogens is 1. The minimum atomic E-state index is 0.255. The van der Waals surface area contributed by atoms with Crippen LogP contribution in [0.1, 0.15) is 43.2 Å². The number of nitrogens with zero attached hydrogens (tertiary/aromatic N) is 1. The van der Waals surface area contributed by atoms with Crippen molar-refractivity contribution in [3.63, 3.8) is 0 Å². The lowest BCUT2D eigenvalue weighted by molar-refractivity contribution is -0.921. The zero-order valence-corrected chi connectivity index (χ0v) is 13.8. The molecule has 3 rings (SSSR count). The molecule has 0 aromatic heterocycles. The van der Waals surface area contributed by atoms with Gasteiger partial charge in [0.25, 0.3) is 0 Å². The Labute approximate surface area is 134 Å². The van der Waals surface area contributed by atoms with E-state index in [1.54, 1.807) is 4.90 Å². The number of piperidine rings is 2. The molecule has 1 aromatic carbocycles. The number of rotatable bonds is 3. The van der Waals surface area contributed by atoms with E-state index in [-0.39, 0.29) is 5.92 Å². The fraction of sp³-hybridized carbons (Fsp3) is 0.632. The molecule has 1 aromatic rings. The molecular weight excluding hydrogens is 272 g/mol. The number of amides is 1. The average Bonchev–Trinajstić information content (AvgIpc) is 2.57. The van der Waals surface area contributed by atoms with Crippen LogP contribution in [0.3, 0.4) is 0 Å². The van der Waals surface area contributed by atoms with E-state index in [0.29, 0.717) is 5.91 Å². The largest absolute Gasteiger partial charge is 0.342 e. The monoisotopic (exact) mass is 301 g/mol. The number of carbonyl (C=O) groups excluding carboxylic acids is 1. The fourth-order valence-corrected chi connectivity index (χ4v) is 3.97. The molecule has 1 amide bonds. The third-order valence-electron chi connectivity index (χ3n) is 5.34. The van der Waals surface area contributed by atoms with Gasteiger partial charge in [-0.2, -0.15) is 0 Å². The van der Waals surface area contributed by atoms with Crippen LogP contribution in [0.25, 0.3) is 0 Å². The van der Waals surface area contributed by atoms with Crippen LogP contribution in [-0.4, -0.2) is 37.0 Å². The first-order valence-electron chi connectivity index (χ1n) is 8.91. The van der Waals surface area contributed by atoms with E-state index in [0.717, 1.165) is 32.6 Å². The number of carbonyl (C=O) groups is 1. The summed E-state index contributed by atoms with van der Waals surface area (Å²) in [5.74, 6) is 0.688. The maximum atomic E-state index is 12.7. The molecule has 2 fully saturated rings. The molecule has 3 nitrogen and oxygen atoms in total. The van der Waals surface area contributed by atoms with Gasteiger partial charge in [0.2, 0.25) is 5.91 Å². The van der Waals surface area contributed by atoms with Gasteiger partial charge in [0.15, 0.2) is 0 Å². The van der Waals surface area contributed by atoms with Gasteiger partial charge in [-0.05, 0) is 44.6 Å². The second-order valence-corrected chi connectivity index (χ2v) is 7.03. The highest BCUT2D eigenvalue weighted by atomic mass is 16.2. The number of benzene rings is 1. The van der Waals surface area contributed by atoms with E-state index in [1.807, 2.05) is 0 Å². The highest BCUT2D eigenvalue weighted by molar-refractivity contribution is 5.79. The lowest BCUT2D eigenvalue weighted by atomic mass is 9.95. The molecule has 120 valence electrons. The molecule has 2 aliphatic rings. The van der Waals surface area contributed by atoms with E-state index in [1.165, 1.54) is 43.4 Å². The Morgan fingerprint density at radius 2 is 1.95 bits per heavy atom. The summed E-state index contributed by atoms with van der Waals surface area (Å²) in [7, 11) is 0. The Morgan fingerprint density at radius 3 is 2.73 bits per heavy atom. The molecule has 0 radical (unpaired) electrons. The maximum Gasteiger partial charge on any atom is 0.231 e. The summed E-state index contributed by atoms with van der Waals surface area (Å²) in [4.78, 5) is 16.4. The Hall–Kier alpha value is -1.35. The second-order valence-electron chi connectivity index (χ2n) is 7.03. The van der Waals surface area contributed by atoms with Crippen LogP contribution in [0.5, 0.6) is 0 Å². The third kappa shape index (κ3) is 3.70. The smallest absolute Gasteiger partial charge is 0.231 e. The van der Waals surface area contributed by atoms with Gasteiger partial charge in [0.1, 0.15) is 6.54 Å². The summed E-state index contributed by atoms with van der Waals surface area (Å²) < 4.78 is 0. The van der Waals surface area contributed by atoms with Gasteiger partial charge in [-0.3, -0.25) is 4.79 Å². The quantitative estimate of drug-likeness (QED) is 0.905. The first-order valence-corrected chi connectivity index (χ1v) is 8.91. The van der Waals surface area contributed by atoms with Crippen molar-refractivity contribution in [2.45, 2.75) is 45.6 Å². The predicted octanol–water partition coefficient (Wildman–Crippen LogP) is 1.80. The van der Waals surface area contributed by atoms with Crippen molar-refractivity contribution in [3.8, 4) is 0 Å². The topological polar surface area (TPSA) is 24.8 Å². The van der Waals surface area contributed by atoms with Crippen LogP contribution in [0.2, 0.25) is 0 Å². The lowest BCUT2D eigenvalue weighted by Crippen LogP contribution is -3.12. The number of nitrogens with one attached hydrogen (secondary N) is 1. The normalized spacial score (nSPS) is 26.0. The van der Waals surface area contributed by atoms with Gasteiger partial charge in [-0.1, -0.05) is 24.3 Å². The van der Waals surface area contributed by atoms with Crippen LogP contribution in [0, 0.1) is 12.8 Å². The first kappa shape index (κ1) is 15.5. The molecule has 2 aliphatic heterocycles. The lowest BCUT2D eigenvalue weighted by Gasteiger charge is -2.34. The molecule has 3 heteroatoms. The van der Waals surface area contributed by atoms with Crippen LogP contribution in [0.15, 0.2) is 24.3 Å². The van der Waals surface area contributed by atoms with Crippen LogP contribution >= 0.6 is 0 Å². The zero-order chi connectivity index (χ0) is 15.4. The molecule has 0 bridgehead atoms. The van der Waals surface area contributed by atoms with Crippen molar-refractivity contribution in [2.75, 3.05) is 26.2 Å². The summed E-state index contributed by atoms with van der Waals surface area (Å²) in [6.45, 7) is 7.46. The molecule has 2 unspecified atom stereocenters. The molecule has 2 saturated heterocycles. The molecule has 0 aliphatic carbocycles. The van der Waals surface area contributed by atoms with E-state index in [4.69, 9.17) is 0 Å². The summed E-state index contributed by atoms with van der Waals surface area (Å²) >= 11 is 0. The molecule has 2 atom stereocenters. The first-order chi connectivity index (χ1) is 10.7. The molecule has 22 heavy (non-hydrogen) atoms. The van der Waals surface area contributed by atoms with Crippen LogP contribution in [-0.2, 0) is 11.3 Å². The highest BCUT2D eigenvalue weighted by Gasteiger charge is 2.32. The van der Waals surface area contributed by atoms with Gasteiger partial charge >= 0.3 is 0 Å². The Morgan fingerprint density at radius 1 is 1.18 bits per heavy atom. The predicted molar refractivity (Wildman–Crippen MR) is 88.7 cm³/mol. The summed E-state index contributed by atoms with van der Waals surface area (Å²) in [6.07, 6.45) is 5.95. The molecular formula is C19H29N2O+. The zero-order valence-electron chi connectivity index (χ0n) is 13.8. The fourth-order valence-electron chi connectivity index (χ4n) is 3.97. The Bertz CT molecular complexity index is 508. The third-order valence-corrected chi connectivity index (χ3v) is 5.34. The second kappa shape index (κ2) is 7.28. The maximum absolute atomic E-state index is 12.7. The molecule has 0 spiro atoms. The average molecular weight is 301 g/mol. The van der Waals surface area contributed by atoms with Crippen LogP contribution < -0.4 is 4.90 Å². The summed E-state index contributed by atoms with van der Waals surface area (Å²) in [5.41, 5.74) is 2.81. The summed E-state index contributed by atoms with van der Waals surface area (Å²) in [6, 6.07) is 8.66. The van der Waals surface area contributed by atoms with E-state index in [9.17, 15) is 4.79 Å². The number of hydrogen-bond acceptors (Lipinski definition) is 1. The Balaban J connectivity index is 1.59. The van der Waals surface area contributed by atoms with Gasteiger partial charge in [0, 0.05) is 18.7 Å². The van der Waals surface area contributed by atoms with E-state index >= 15 is 0 Å².